The minimum absolute atomic E-state index is 0.259. The Morgan fingerprint density at radius 3 is 2.40 bits per heavy atom. The lowest BCUT2D eigenvalue weighted by Crippen LogP contribution is -2.36. The summed E-state index contributed by atoms with van der Waals surface area (Å²) in [4.78, 5) is 0. The van der Waals surface area contributed by atoms with Crippen LogP contribution in [-0.4, -0.2) is 11.1 Å². The predicted octanol–water partition coefficient (Wildman–Crippen LogP) is 4.79. The lowest BCUT2D eigenvalue weighted by molar-refractivity contribution is 0.303. The zero-order valence-corrected chi connectivity index (χ0v) is 12.9. The number of benzene rings is 1. The molecule has 1 aromatic rings. The molecule has 20 heavy (non-hydrogen) atoms. The van der Waals surface area contributed by atoms with E-state index in [1.807, 2.05) is 18.2 Å². The summed E-state index contributed by atoms with van der Waals surface area (Å²) in [7, 11) is 0. The molecule has 1 aromatic carbocycles. The molecular weight excluding hydrogens is 246 g/mol. The second kappa shape index (κ2) is 7.68. The smallest absolute Gasteiger partial charge is 0.120 e. The van der Waals surface area contributed by atoms with Gasteiger partial charge >= 0.3 is 0 Å². The molecule has 0 spiro atoms. The number of rotatable bonds is 5. The van der Waals surface area contributed by atoms with Crippen LogP contribution in [0.4, 0.5) is 0 Å². The SMILES string of the molecule is CCC(N[C@@H](C)C1CCCCCC1)c1ccccc1O. The van der Waals surface area contributed by atoms with Gasteiger partial charge in [0.1, 0.15) is 5.75 Å². The quantitative estimate of drug-likeness (QED) is 0.757. The molecule has 1 aliphatic rings. The van der Waals surface area contributed by atoms with E-state index in [9.17, 15) is 5.11 Å². The maximum atomic E-state index is 10.0. The highest BCUT2D eigenvalue weighted by molar-refractivity contribution is 5.34. The second-order valence-corrected chi connectivity index (χ2v) is 6.23. The van der Waals surface area contributed by atoms with Crippen LogP contribution in [0.5, 0.6) is 5.75 Å². The highest BCUT2D eigenvalue weighted by atomic mass is 16.3. The average molecular weight is 275 g/mol. The first-order valence-corrected chi connectivity index (χ1v) is 8.26. The van der Waals surface area contributed by atoms with Crippen molar-refractivity contribution in [1.29, 1.82) is 0 Å². The summed E-state index contributed by atoms with van der Waals surface area (Å²) in [6.07, 6.45) is 9.28. The van der Waals surface area contributed by atoms with Crippen molar-refractivity contribution in [2.75, 3.05) is 0 Å². The van der Waals surface area contributed by atoms with Gasteiger partial charge in [0.2, 0.25) is 0 Å². The Morgan fingerprint density at radius 1 is 1.15 bits per heavy atom. The fourth-order valence-corrected chi connectivity index (χ4v) is 3.47. The first-order valence-electron chi connectivity index (χ1n) is 8.26. The van der Waals surface area contributed by atoms with E-state index in [1.165, 1.54) is 38.5 Å². The summed E-state index contributed by atoms with van der Waals surface area (Å²) in [5.41, 5.74) is 1.04. The van der Waals surface area contributed by atoms with Gasteiger partial charge in [-0.25, -0.2) is 0 Å². The van der Waals surface area contributed by atoms with Gasteiger partial charge in [-0.15, -0.1) is 0 Å². The Bertz CT molecular complexity index is 396. The molecule has 2 N–H and O–H groups in total. The maximum Gasteiger partial charge on any atom is 0.120 e. The first-order chi connectivity index (χ1) is 9.72. The van der Waals surface area contributed by atoms with Gasteiger partial charge in [-0.3, -0.25) is 0 Å². The van der Waals surface area contributed by atoms with Gasteiger partial charge in [-0.05, 0) is 38.2 Å². The van der Waals surface area contributed by atoms with E-state index in [4.69, 9.17) is 0 Å². The average Bonchev–Trinajstić information content (AvgIpc) is 2.74. The van der Waals surface area contributed by atoms with Crippen LogP contribution in [0.2, 0.25) is 0 Å². The van der Waals surface area contributed by atoms with Crippen LogP contribution in [0.1, 0.15) is 70.4 Å². The summed E-state index contributed by atoms with van der Waals surface area (Å²) >= 11 is 0. The molecular formula is C18H29NO. The van der Waals surface area contributed by atoms with Crippen molar-refractivity contribution < 1.29 is 5.11 Å². The van der Waals surface area contributed by atoms with Crippen molar-refractivity contribution >= 4 is 0 Å². The Hall–Kier alpha value is -1.02. The summed E-state index contributed by atoms with van der Waals surface area (Å²) in [5.74, 6) is 1.21. The number of nitrogens with one attached hydrogen (secondary N) is 1. The van der Waals surface area contributed by atoms with Crippen LogP contribution < -0.4 is 5.32 Å². The molecule has 1 aliphatic carbocycles. The van der Waals surface area contributed by atoms with Crippen molar-refractivity contribution in [1.82, 2.24) is 5.32 Å². The van der Waals surface area contributed by atoms with Gasteiger partial charge in [-0.2, -0.15) is 0 Å². The molecule has 1 unspecified atom stereocenters. The minimum atomic E-state index is 0.259. The second-order valence-electron chi connectivity index (χ2n) is 6.23. The van der Waals surface area contributed by atoms with Gasteiger partial charge in [0.15, 0.2) is 0 Å². The van der Waals surface area contributed by atoms with Gasteiger partial charge in [-0.1, -0.05) is 50.8 Å². The monoisotopic (exact) mass is 275 g/mol. The van der Waals surface area contributed by atoms with Crippen molar-refractivity contribution in [3.63, 3.8) is 0 Å². The molecule has 0 heterocycles. The Labute approximate surface area is 123 Å². The Morgan fingerprint density at radius 2 is 1.80 bits per heavy atom. The van der Waals surface area contributed by atoms with Gasteiger partial charge < -0.3 is 10.4 Å². The maximum absolute atomic E-state index is 10.0. The van der Waals surface area contributed by atoms with E-state index in [0.29, 0.717) is 11.8 Å². The molecule has 0 bridgehead atoms. The molecule has 1 fully saturated rings. The van der Waals surface area contributed by atoms with Gasteiger partial charge in [0.05, 0.1) is 0 Å². The van der Waals surface area contributed by atoms with Gasteiger partial charge in [0.25, 0.3) is 0 Å². The lowest BCUT2D eigenvalue weighted by atomic mass is 9.91. The summed E-state index contributed by atoms with van der Waals surface area (Å²) in [6.45, 7) is 4.50. The van der Waals surface area contributed by atoms with E-state index < -0.39 is 0 Å². The van der Waals surface area contributed by atoms with E-state index in [-0.39, 0.29) is 6.04 Å². The molecule has 0 aromatic heterocycles. The van der Waals surface area contributed by atoms with Crippen LogP contribution in [0.25, 0.3) is 0 Å². The third kappa shape index (κ3) is 3.99. The molecule has 2 heteroatoms. The van der Waals surface area contributed by atoms with Crippen LogP contribution in [0, 0.1) is 5.92 Å². The molecule has 0 amide bonds. The molecule has 0 radical (unpaired) electrons. The largest absolute Gasteiger partial charge is 0.508 e. The Kier molecular flexibility index (Phi) is 5.90. The number of phenolic OH excluding ortho intramolecular Hbond substituents is 1. The van der Waals surface area contributed by atoms with Crippen molar-refractivity contribution in [2.24, 2.45) is 5.92 Å². The zero-order valence-electron chi connectivity index (χ0n) is 12.9. The van der Waals surface area contributed by atoms with Gasteiger partial charge in [0, 0.05) is 17.6 Å². The first kappa shape index (κ1) is 15.4. The normalized spacial score (nSPS) is 20.3. The molecule has 2 atom stereocenters. The summed E-state index contributed by atoms with van der Waals surface area (Å²) in [6, 6.07) is 8.51. The van der Waals surface area contributed by atoms with Crippen molar-refractivity contribution in [3.8, 4) is 5.75 Å². The Balaban J connectivity index is 2.00. The van der Waals surface area contributed by atoms with Crippen molar-refractivity contribution in [3.05, 3.63) is 29.8 Å². The molecule has 0 aliphatic heterocycles. The van der Waals surface area contributed by atoms with Crippen molar-refractivity contribution in [2.45, 2.75) is 70.9 Å². The van der Waals surface area contributed by atoms with E-state index in [0.717, 1.165) is 17.9 Å². The highest BCUT2D eigenvalue weighted by Crippen LogP contribution is 2.30. The fourth-order valence-electron chi connectivity index (χ4n) is 3.47. The molecule has 2 rings (SSSR count). The molecule has 2 nitrogen and oxygen atoms in total. The fraction of sp³-hybridized carbons (Fsp3) is 0.667. The van der Waals surface area contributed by atoms with Crippen LogP contribution in [0.3, 0.4) is 0 Å². The number of phenols is 1. The zero-order chi connectivity index (χ0) is 14.4. The number of para-hydroxylation sites is 1. The summed E-state index contributed by atoms with van der Waals surface area (Å²) in [5, 5.41) is 13.8. The standard InChI is InChI=1S/C18H29NO/c1-3-17(16-12-8-9-13-18(16)20)19-14(2)15-10-6-4-5-7-11-15/h8-9,12-15,17,19-20H,3-7,10-11H2,1-2H3/t14-,17?/m0/s1. The summed E-state index contributed by atoms with van der Waals surface area (Å²) < 4.78 is 0. The number of aromatic hydroxyl groups is 1. The minimum Gasteiger partial charge on any atom is -0.508 e. The predicted molar refractivity (Wildman–Crippen MR) is 84.9 cm³/mol. The van der Waals surface area contributed by atoms with E-state index in [1.54, 1.807) is 6.07 Å². The molecule has 0 saturated heterocycles. The molecule has 112 valence electrons. The van der Waals surface area contributed by atoms with Crippen LogP contribution in [0.15, 0.2) is 24.3 Å². The third-order valence-electron chi connectivity index (χ3n) is 4.79. The number of hydrogen-bond acceptors (Lipinski definition) is 2. The highest BCUT2D eigenvalue weighted by Gasteiger charge is 2.22. The number of hydrogen-bond donors (Lipinski definition) is 2. The van der Waals surface area contributed by atoms with E-state index in [2.05, 4.69) is 19.2 Å². The van der Waals surface area contributed by atoms with Crippen LogP contribution in [-0.2, 0) is 0 Å². The van der Waals surface area contributed by atoms with E-state index >= 15 is 0 Å². The molecule has 1 saturated carbocycles. The topological polar surface area (TPSA) is 32.3 Å². The third-order valence-corrected chi connectivity index (χ3v) is 4.79. The van der Waals surface area contributed by atoms with Crippen LogP contribution >= 0.6 is 0 Å². The lowest BCUT2D eigenvalue weighted by Gasteiger charge is -2.29.